The Morgan fingerprint density at radius 1 is 1.04 bits per heavy atom. The fourth-order valence-electron chi connectivity index (χ4n) is 2.48. The quantitative estimate of drug-likeness (QED) is 0.582. The molecule has 0 aliphatic heterocycles. The summed E-state index contributed by atoms with van der Waals surface area (Å²) in [6.07, 6.45) is 3.69. The number of carbonyl (C=O) groups excluding carboxylic acids is 1. The maximum absolute atomic E-state index is 12.3. The van der Waals surface area contributed by atoms with Gasteiger partial charge < -0.3 is 10.3 Å². The number of aromatic amines is 1. The average molecular weight is 319 g/mol. The molecule has 0 bridgehead atoms. The zero-order valence-electron chi connectivity index (χ0n) is 12.1. The first-order chi connectivity index (χ1) is 11.3. The van der Waals surface area contributed by atoms with E-state index in [1.165, 1.54) is 11.3 Å². The van der Waals surface area contributed by atoms with Gasteiger partial charge in [0, 0.05) is 33.9 Å². The van der Waals surface area contributed by atoms with Crippen LogP contribution in [0.25, 0.3) is 21.5 Å². The van der Waals surface area contributed by atoms with Gasteiger partial charge in [0.05, 0.1) is 4.88 Å². The Hall–Kier alpha value is -2.92. The summed E-state index contributed by atoms with van der Waals surface area (Å²) in [5.41, 5.74) is 2.71. The van der Waals surface area contributed by atoms with Crippen LogP contribution in [-0.2, 0) is 0 Å². The first-order valence-electron chi connectivity index (χ1n) is 7.20. The number of nitrogens with zero attached hydrogens (tertiary/aromatic N) is 1. The highest BCUT2D eigenvalue weighted by Crippen LogP contribution is 2.33. The number of hydrogen-bond acceptors (Lipinski definition) is 3. The zero-order chi connectivity index (χ0) is 15.6. The standard InChI is InChI=1S/C18H13N3OS/c22-18(21-12-5-2-1-3-6-12)16-9-8-15(23-16)14-11-20-17-13(14)7-4-10-19-17/h1-11H,(H,19,20)(H,21,22). The highest BCUT2D eigenvalue weighted by molar-refractivity contribution is 7.17. The van der Waals surface area contributed by atoms with Crippen molar-refractivity contribution in [3.05, 3.63) is 71.9 Å². The largest absolute Gasteiger partial charge is 0.345 e. The van der Waals surface area contributed by atoms with Gasteiger partial charge in [0.25, 0.3) is 5.91 Å². The lowest BCUT2D eigenvalue weighted by Crippen LogP contribution is -2.09. The van der Waals surface area contributed by atoms with E-state index >= 15 is 0 Å². The van der Waals surface area contributed by atoms with Crippen molar-refractivity contribution in [3.8, 4) is 10.4 Å². The number of para-hydroxylation sites is 1. The SMILES string of the molecule is O=C(Nc1ccccc1)c1ccc(-c2c[nH]c3ncccc23)s1. The lowest BCUT2D eigenvalue weighted by molar-refractivity contribution is 0.103. The fraction of sp³-hybridized carbons (Fsp3) is 0. The highest BCUT2D eigenvalue weighted by atomic mass is 32.1. The number of hydrogen-bond donors (Lipinski definition) is 2. The van der Waals surface area contributed by atoms with Crippen LogP contribution in [-0.4, -0.2) is 15.9 Å². The van der Waals surface area contributed by atoms with E-state index in [4.69, 9.17) is 0 Å². The molecule has 1 aromatic carbocycles. The van der Waals surface area contributed by atoms with Gasteiger partial charge >= 0.3 is 0 Å². The van der Waals surface area contributed by atoms with E-state index in [0.29, 0.717) is 4.88 Å². The lowest BCUT2D eigenvalue weighted by Gasteiger charge is -2.02. The maximum Gasteiger partial charge on any atom is 0.265 e. The summed E-state index contributed by atoms with van der Waals surface area (Å²) in [4.78, 5) is 21.5. The van der Waals surface area contributed by atoms with Crippen molar-refractivity contribution in [2.24, 2.45) is 0 Å². The second kappa shape index (κ2) is 5.70. The molecule has 4 aromatic rings. The Kier molecular flexibility index (Phi) is 3.40. The van der Waals surface area contributed by atoms with Gasteiger partial charge in [0.2, 0.25) is 0 Å². The summed E-state index contributed by atoms with van der Waals surface area (Å²) >= 11 is 1.47. The van der Waals surface area contributed by atoms with Crippen molar-refractivity contribution in [2.75, 3.05) is 5.32 Å². The number of fused-ring (bicyclic) bond motifs is 1. The molecule has 3 aromatic heterocycles. The van der Waals surface area contributed by atoms with Crippen molar-refractivity contribution < 1.29 is 4.79 Å². The van der Waals surface area contributed by atoms with Crippen LogP contribution in [0.15, 0.2) is 67.0 Å². The van der Waals surface area contributed by atoms with Crippen molar-refractivity contribution in [1.29, 1.82) is 0 Å². The van der Waals surface area contributed by atoms with Crippen LogP contribution in [0.3, 0.4) is 0 Å². The minimum absolute atomic E-state index is 0.0922. The molecular formula is C18H13N3OS. The van der Waals surface area contributed by atoms with Crippen LogP contribution < -0.4 is 5.32 Å². The number of H-pyrrole nitrogens is 1. The minimum Gasteiger partial charge on any atom is -0.345 e. The molecule has 0 aliphatic rings. The molecule has 0 fully saturated rings. The number of aromatic nitrogens is 2. The Morgan fingerprint density at radius 3 is 2.78 bits per heavy atom. The molecule has 0 saturated carbocycles. The van der Waals surface area contributed by atoms with Gasteiger partial charge in [-0.15, -0.1) is 11.3 Å². The normalized spacial score (nSPS) is 10.8. The summed E-state index contributed by atoms with van der Waals surface area (Å²) in [7, 11) is 0. The predicted octanol–water partition coefficient (Wildman–Crippen LogP) is 4.54. The van der Waals surface area contributed by atoms with E-state index < -0.39 is 0 Å². The van der Waals surface area contributed by atoms with Crippen molar-refractivity contribution in [1.82, 2.24) is 9.97 Å². The molecule has 4 rings (SSSR count). The molecule has 0 unspecified atom stereocenters. The second-order valence-electron chi connectivity index (χ2n) is 5.09. The van der Waals surface area contributed by atoms with Crippen molar-refractivity contribution in [2.45, 2.75) is 0 Å². The van der Waals surface area contributed by atoms with Gasteiger partial charge in [-0.25, -0.2) is 4.98 Å². The molecule has 3 heterocycles. The molecule has 5 heteroatoms. The van der Waals surface area contributed by atoms with Gasteiger partial charge in [0.1, 0.15) is 5.65 Å². The van der Waals surface area contributed by atoms with E-state index in [9.17, 15) is 4.79 Å². The van der Waals surface area contributed by atoms with Gasteiger partial charge in [-0.2, -0.15) is 0 Å². The molecule has 2 N–H and O–H groups in total. The fourth-order valence-corrected chi connectivity index (χ4v) is 3.41. The molecule has 112 valence electrons. The number of nitrogens with one attached hydrogen (secondary N) is 2. The summed E-state index contributed by atoms with van der Waals surface area (Å²) in [5.74, 6) is -0.0922. The van der Waals surface area contributed by atoms with Crippen molar-refractivity contribution >= 4 is 34.0 Å². The molecule has 1 amide bonds. The highest BCUT2D eigenvalue weighted by Gasteiger charge is 2.13. The number of amides is 1. The number of anilines is 1. The Bertz CT molecular complexity index is 972. The van der Waals surface area contributed by atoms with Gasteiger partial charge in [-0.05, 0) is 36.4 Å². The molecule has 0 atom stereocenters. The Labute approximate surface area is 136 Å². The van der Waals surface area contributed by atoms with Crippen LogP contribution in [0, 0.1) is 0 Å². The Morgan fingerprint density at radius 2 is 1.91 bits per heavy atom. The van der Waals surface area contributed by atoms with Crippen LogP contribution in [0.1, 0.15) is 9.67 Å². The molecule has 0 radical (unpaired) electrons. The summed E-state index contributed by atoms with van der Waals surface area (Å²) in [6, 6.07) is 17.2. The first-order valence-corrected chi connectivity index (χ1v) is 8.01. The third-order valence-electron chi connectivity index (χ3n) is 3.58. The molecular weight excluding hydrogens is 306 g/mol. The zero-order valence-corrected chi connectivity index (χ0v) is 12.9. The van der Waals surface area contributed by atoms with Crippen LogP contribution in [0.4, 0.5) is 5.69 Å². The number of carbonyl (C=O) groups is 1. The summed E-state index contributed by atoms with van der Waals surface area (Å²) in [5, 5.41) is 3.96. The van der Waals surface area contributed by atoms with Crippen LogP contribution in [0.2, 0.25) is 0 Å². The van der Waals surface area contributed by atoms with E-state index in [2.05, 4.69) is 15.3 Å². The molecule has 23 heavy (non-hydrogen) atoms. The average Bonchev–Trinajstić information content (AvgIpc) is 3.22. The summed E-state index contributed by atoms with van der Waals surface area (Å²) in [6.45, 7) is 0. The molecule has 0 aliphatic carbocycles. The van der Waals surface area contributed by atoms with E-state index in [-0.39, 0.29) is 5.91 Å². The van der Waals surface area contributed by atoms with E-state index in [1.54, 1.807) is 6.20 Å². The minimum atomic E-state index is -0.0922. The predicted molar refractivity (Wildman–Crippen MR) is 93.8 cm³/mol. The maximum atomic E-state index is 12.3. The molecule has 0 saturated heterocycles. The van der Waals surface area contributed by atoms with Gasteiger partial charge in [-0.1, -0.05) is 18.2 Å². The van der Waals surface area contributed by atoms with E-state index in [1.807, 2.05) is 60.8 Å². The smallest absolute Gasteiger partial charge is 0.265 e. The first kappa shape index (κ1) is 13.7. The number of benzene rings is 1. The molecule has 0 spiro atoms. The number of pyridine rings is 1. The van der Waals surface area contributed by atoms with E-state index in [0.717, 1.165) is 27.2 Å². The Balaban J connectivity index is 1.63. The second-order valence-corrected chi connectivity index (χ2v) is 6.17. The molecule has 4 nitrogen and oxygen atoms in total. The van der Waals surface area contributed by atoms with Crippen LogP contribution >= 0.6 is 11.3 Å². The lowest BCUT2D eigenvalue weighted by atomic mass is 10.2. The monoisotopic (exact) mass is 319 g/mol. The van der Waals surface area contributed by atoms with Crippen LogP contribution in [0.5, 0.6) is 0 Å². The topological polar surface area (TPSA) is 57.8 Å². The summed E-state index contributed by atoms with van der Waals surface area (Å²) < 4.78 is 0. The third-order valence-corrected chi connectivity index (χ3v) is 4.70. The van der Waals surface area contributed by atoms with Gasteiger partial charge in [-0.3, -0.25) is 4.79 Å². The number of rotatable bonds is 3. The van der Waals surface area contributed by atoms with Gasteiger partial charge in [0.15, 0.2) is 0 Å². The van der Waals surface area contributed by atoms with Crippen molar-refractivity contribution in [3.63, 3.8) is 0 Å². The third kappa shape index (κ3) is 2.62. The number of thiophene rings is 1.